The molecule has 2 aliphatic rings. The van der Waals surface area contributed by atoms with Crippen LogP contribution in [0.15, 0.2) is 36.4 Å². The lowest BCUT2D eigenvalue weighted by Crippen LogP contribution is -2.50. The molecule has 2 atom stereocenters. The Balaban J connectivity index is 1.55. The molecule has 0 aromatic heterocycles. The molecule has 1 heterocycles. The number of hydrogen-bond acceptors (Lipinski definition) is 4. The van der Waals surface area contributed by atoms with Crippen molar-refractivity contribution in [3.8, 4) is 0 Å². The van der Waals surface area contributed by atoms with Crippen molar-refractivity contribution in [3.63, 3.8) is 0 Å². The van der Waals surface area contributed by atoms with Crippen LogP contribution in [0.3, 0.4) is 0 Å². The highest BCUT2D eigenvalue weighted by Gasteiger charge is 2.46. The summed E-state index contributed by atoms with van der Waals surface area (Å²) in [5.41, 5.74) is -5.30. The molecule has 44 heavy (non-hydrogen) atoms. The molecule has 2 aromatic rings. The Morgan fingerprint density at radius 1 is 0.841 bits per heavy atom. The van der Waals surface area contributed by atoms with Crippen LogP contribution in [0.2, 0.25) is 0 Å². The maximum atomic E-state index is 13.6. The maximum absolute atomic E-state index is 13.6. The van der Waals surface area contributed by atoms with E-state index in [2.05, 4.69) is 5.32 Å². The largest absolute Gasteiger partial charge is 0.449 e. The van der Waals surface area contributed by atoms with E-state index in [0.717, 1.165) is 31.0 Å². The zero-order valence-corrected chi connectivity index (χ0v) is 23.7. The van der Waals surface area contributed by atoms with E-state index in [4.69, 9.17) is 9.47 Å². The number of rotatable bonds is 5. The summed E-state index contributed by atoms with van der Waals surface area (Å²) in [4.78, 5) is 27.2. The van der Waals surface area contributed by atoms with Gasteiger partial charge in [-0.25, -0.2) is 9.59 Å². The Bertz CT molecular complexity index is 1360. The van der Waals surface area contributed by atoms with Crippen LogP contribution in [0, 0.1) is 5.92 Å². The fourth-order valence-electron chi connectivity index (χ4n) is 5.06. The van der Waals surface area contributed by atoms with Crippen molar-refractivity contribution in [2.75, 3.05) is 11.5 Å². The van der Waals surface area contributed by atoms with E-state index < -0.39 is 78.1 Å². The second-order valence-corrected chi connectivity index (χ2v) is 11.8. The van der Waals surface area contributed by atoms with Crippen molar-refractivity contribution in [3.05, 3.63) is 64.2 Å². The van der Waals surface area contributed by atoms with E-state index >= 15 is 0 Å². The topological polar surface area (TPSA) is 67.9 Å². The Labute approximate surface area is 246 Å². The number of alkyl carbamates (subject to hydrolysis) is 1. The van der Waals surface area contributed by atoms with Gasteiger partial charge in [0.15, 0.2) is 0 Å². The lowest BCUT2D eigenvalue weighted by molar-refractivity contribution is -0.143. The first-order valence-corrected chi connectivity index (χ1v) is 13.6. The lowest BCUT2D eigenvalue weighted by Gasteiger charge is -2.41. The molecule has 1 aliphatic heterocycles. The van der Waals surface area contributed by atoms with Gasteiger partial charge < -0.3 is 14.8 Å². The number of alkyl halides is 9. The number of amides is 2. The minimum atomic E-state index is -5.05. The Morgan fingerprint density at radius 3 is 1.91 bits per heavy atom. The molecule has 0 bridgehead atoms. The molecule has 4 rings (SSSR count). The van der Waals surface area contributed by atoms with Gasteiger partial charge in [0.1, 0.15) is 5.60 Å². The van der Waals surface area contributed by atoms with Crippen molar-refractivity contribution in [2.24, 2.45) is 5.92 Å². The molecular weight excluding hydrogens is 611 g/mol. The first-order valence-electron chi connectivity index (χ1n) is 13.6. The van der Waals surface area contributed by atoms with Crippen LogP contribution in [0.5, 0.6) is 0 Å². The van der Waals surface area contributed by atoms with Gasteiger partial charge in [-0.3, -0.25) is 4.90 Å². The molecule has 2 unspecified atom stereocenters. The Hall–Kier alpha value is -3.65. The SMILES string of the molecule is CC(C)(C)OC(=O)N1c2ccc(C(F)(F)F)cc2C(NC(=O)OCCc2cc(C(F)(F)F)cc(C(F)(F)F)c2)CC1C1CC1. The van der Waals surface area contributed by atoms with E-state index in [1.807, 2.05) is 0 Å². The first kappa shape index (κ1) is 33.2. The number of benzene rings is 2. The molecule has 0 saturated heterocycles. The summed E-state index contributed by atoms with van der Waals surface area (Å²) in [6, 6.07) is 2.15. The summed E-state index contributed by atoms with van der Waals surface area (Å²) < 4.78 is 130. The first-order chi connectivity index (χ1) is 20.1. The third-order valence-corrected chi connectivity index (χ3v) is 7.12. The number of carbonyl (C=O) groups excluding carboxylic acids is 2. The Morgan fingerprint density at radius 2 is 1.41 bits per heavy atom. The maximum Gasteiger partial charge on any atom is 0.416 e. The van der Waals surface area contributed by atoms with Gasteiger partial charge in [0.05, 0.1) is 35.0 Å². The summed E-state index contributed by atoms with van der Waals surface area (Å²) in [7, 11) is 0. The molecule has 1 aliphatic carbocycles. The average Bonchev–Trinajstić information content (AvgIpc) is 3.71. The fraction of sp³-hybridized carbons (Fsp3) is 0.517. The predicted molar refractivity (Wildman–Crippen MR) is 139 cm³/mol. The summed E-state index contributed by atoms with van der Waals surface area (Å²) in [5.74, 6) is -0.0120. The number of carbonyl (C=O) groups is 2. The van der Waals surface area contributed by atoms with Crippen molar-refractivity contribution in [1.29, 1.82) is 0 Å². The van der Waals surface area contributed by atoms with E-state index in [9.17, 15) is 49.1 Å². The average molecular weight is 641 g/mol. The second kappa shape index (κ2) is 11.7. The highest BCUT2D eigenvalue weighted by Crippen LogP contribution is 2.48. The van der Waals surface area contributed by atoms with Gasteiger partial charge >= 0.3 is 30.7 Å². The predicted octanol–water partition coefficient (Wildman–Crippen LogP) is 8.68. The molecule has 1 N–H and O–H groups in total. The normalized spacial score (nSPS) is 19.3. The second-order valence-electron chi connectivity index (χ2n) is 11.8. The van der Waals surface area contributed by atoms with Gasteiger partial charge in [0, 0.05) is 12.5 Å². The van der Waals surface area contributed by atoms with E-state index in [-0.39, 0.29) is 35.2 Å². The minimum Gasteiger partial charge on any atom is -0.449 e. The van der Waals surface area contributed by atoms with Gasteiger partial charge in [-0.2, -0.15) is 39.5 Å². The van der Waals surface area contributed by atoms with Crippen LogP contribution in [-0.2, 0) is 34.4 Å². The molecule has 2 amide bonds. The van der Waals surface area contributed by atoms with Crippen molar-refractivity contribution in [1.82, 2.24) is 5.32 Å². The van der Waals surface area contributed by atoms with Crippen LogP contribution in [0.4, 0.5) is 54.8 Å². The standard InChI is InChI=1S/C29H29F9N2O4/c1-26(2,3)44-25(42)40-22-7-6-17(27(30,31)32)13-20(22)21(14-23(40)16-4-5-16)39-24(41)43-9-8-15-10-18(28(33,34)35)12-19(11-15)29(36,37)38/h6-7,10-13,16,21,23H,4-5,8-9,14H2,1-3H3,(H,39,41). The van der Waals surface area contributed by atoms with E-state index in [1.165, 1.54) is 4.90 Å². The molecule has 2 aromatic carbocycles. The smallest absolute Gasteiger partial charge is 0.416 e. The van der Waals surface area contributed by atoms with Gasteiger partial charge in [0.2, 0.25) is 0 Å². The zero-order chi connectivity index (χ0) is 32.8. The third kappa shape index (κ3) is 8.08. The summed E-state index contributed by atoms with van der Waals surface area (Å²) in [6.45, 7) is 4.29. The van der Waals surface area contributed by atoms with Crippen LogP contribution < -0.4 is 10.2 Å². The monoisotopic (exact) mass is 640 g/mol. The van der Waals surface area contributed by atoms with Crippen LogP contribution in [0.1, 0.15) is 73.9 Å². The number of halogens is 9. The Kier molecular flexibility index (Phi) is 8.84. The van der Waals surface area contributed by atoms with Gasteiger partial charge in [-0.15, -0.1) is 0 Å². The molecule has 242 valence electrons. The van der Waals surface area contributed by atoms with Crippen LogP contribution in [-0.4, -0.2) is 30.4 Å². The van der Waals surface area contributed by atoms with Gasteiger partial charge in [-0.1, -0.05) is 0 Å². The third-order valence-electron chi connectivity index (χ3n) is 7.12. The van der Waals surface area contributed by atoms with Gasteiger partial charge in [-0.05, 0) is 93.5 Å². The molecule has 0 spiro atoms. The van der Waals surface area contributed by atoms with Crippen molar-refractivity contribution < 1.29 is 58.6 Å². The van der Waals surface area contributed by atoms with E-state index in [1.54, 1.807) is 20.8 Å². The lowest BCUT2D eigenvalue weighted by atomic mass is 9.88. The number of fused-ring (bicyclic) bond motifs is 1. The summed E-state index contributed by atoms with van der Waals surface area (Å²) >= 11 is 0. The van der Waals surface area contributed by atoms with Crippen molar-refractivity contribution in [2.45, 2.75) is 82.7 Å². The quantitative estimate of drug-likeness (QED) is 0.332. The summed E-state index contributed by atoms with van der Waals surface area (Å²) in [5, 5.41) is 2.46. The fourth-order valence-corrected chi connectivity index (χ4v) is 5.06. The number of nitrogens with zero attached hydrogens (tertiary/aromatic N) is 1. The number of anilines is 1. The molecule has 0 radical (unpaired) electrons. The molecule has 15 heteroatoms. The summed E-state index contributed by atoms with van der Waals surface area (Å²) in [6.07, 6.45) is -15.8. The molecular formula is C29H29F9N2O4. The zero-order valence-electron chi connectivity index (χ0n) is 23.7. The molecule has 6 nitrogen and oxygen atoms in total. The van der Waals surface area contributed by atoms with Crippen LogP contribution >= 0.6 is 0 Å². The highest BCUT2D eigenvalue weighted by molar-refractivity contribution is 5.91. The minimum absolute atomic E-state index is 0.00981. The molecule has 1 saturated carbocycles. The molecule has 1 fully saturated rings. The van der Waals surface area contributed by atoms with E-state index in [0.29, 0.717) is 12.1 Å². The van der Waals surface area contributed by atoms with Crippen LogP contribution in [0.25, 0.3) is 0 Å². The van der Waals surface area contributed by atoms with Crippen molar-refractivity contribution >= 4 is 17.9 Å². The highest BCUT2D eigenvalue weighted by atomic mass is 19.4. The van der Waals surface area contributed by atoms with Gasteiger partial charge in [0.25, 0.3) is 0 Å². The number of hydrogen-bond donors (Lipinski definition) is 1. The number of ether oxygens (including phenoxy) is 2. The number of nitrogens with one attached hydrogen (secondary N) is 1.